The molecular weight excluding hydrogens is 1150 g/mol. The van der Waals surface area contributed by atoms with E-state index in [0.717, 1.165) is 0 Å². The summed E-state index contributed by atoms with van der Waals surface area (Å²) < 4.78 is 0. The van der Waals surface area contributed by atoms with Crippen molar-refractivity contribution in [1.29, 1.82) is 0 Å². The summed E-state index contributed by atoms with van der Waals surface area (Å²) in [6.45, 7) is 9.00. The summed E-state index contributed by atoms with van der Waals surface area (Å²) in [5.74, 6) is 0. The van der Waals surface area contributed by atoms with Gasteiger partial charge in [0.2, 0.25) is 0 Å². The van der Waals surface area contributed by atoms with Crippen molar-refractivity contribution in [3.63, 3.8) is 0 Å². The summed E-state index contributed by atoms with van der Waals surface area (Å²) >= 11 is 0. The Bertz CT molecular complexity index is 18.0. The molecule has 19 heavy (non-hydrogen) atoms. The summed E-state index contributed by atoms with van der Waals surface area (Å²) in [6, 6.07) is 0. The molecule has 0 aromatic carbocycles. The Balaban J connectivity index is -0.000000000157. The fraction of sp³-hybridized carbons (Fsp3) is 0.429. The molecule has 88 valence electrons. The molecule has 0 fully saturated rings. The van der Waals surface area contributed by atoms with Gasteiger partial charge in [-0.05, 0) is 0 Å². The average molecular weight is 1170 g/mol. The third-order valence-corrected chi connectivity index (χ3v) is 0. The molecule has 0 spiro atoms. The van der Waals surface area contributed by atoms with E-state index in [1.54, 1.807) is 6.92 Å². The fourth-order valence-electron chi connectivity index (χ4n) is 0. The zero-order valence-electron chi connectivity index (χ0n) is 13.6. The second-order valence-electron chi connectivity index (χ2n) is 0. The Morgan fingerprint density at radius 1 is 0.316 bits per heavy atom. The van der Waals surface area contributed by atoms with Crippen molar-refractivity contribution in [3.05, 3.63) is 29.2 Å². The molecule has 0 aromatic rings. The monoisotopic (exact) mass is 1170 g/mol. The Morgan fingerprint density at radius 3 is 0.316 bits per heavy atom. The first-order valence-corrected chi connectivity index (χ1v) is 1.71. The van der Waals surface area contributed by atoms with E-state index in [9.17, 15) is 0 Å². The van der Waals surface area contributed by atoms with Crippen LogP contribution >= 0.6 is 0 Å². The van der Waals surface area contributed by atoms with Gasteiger partial charge in [0.1, 0.15) is 0 Å². The van der Waals surface area contributed by atoms with Crippen molar-refractivity contribution in [2.24, 2.45) is 0 Å². The molecule has 0 unspecified atom stereocenters. The van der Waals surface area contributed by atoms with Crippen molar-refractivity contribution >= 4 is 0 Å². The van der Waals surface area contributed by atoms with Gasteiger partial charge in [0.15, 0.2) is 0 Å². The topological polar surface area (TPSA) is 0 Å². The molecule has 0 aliphatic carbocycles. The van der Waals surface area contributed by atoms with Crippen LogP contribution in [0.25, 0.3) is 0 Å². The van der Waals surface area contributed by atoms with E-state index in [1.807, 2.05) is 13.8 Å². The van der Waals surface area contributed by atoms with Crippen LogP contribution in [0.1, 0.15) is 20.8 Å². The van der Waals surface area contributed by atoms with Crippen LogP contribution in [0.2, 0.25) is 0 Å². The maximum absolute atomic E-state index is 3.25. The first-order valence-electron chi connectivity index (χ1n) is 1.71. The number of rotatable bonds is 0. The van der Waals surface area contributed by atoms with Gasteiger partial charge >= 0.3 is 0 Å². The van der Waals surface area contributed by atoms with Crippen LogP contribution < -0.4 is 0 Å². The van der Waals surface area contributed by atoms with Crippen LogP contribution in [0.15, 0.2) is 0 Å². The van der Waals surface area contributed by atoms with Gasteiger partial charge in [0.05, 0.1) is 0 Å². The summed E-state index contributed by atoms with van der Waals surface area (Å²) in [5.41, 5.74) is 0. The fourth-order valence-corrected chi connectivity index (χ4v) is 0. The summed E-state index contributed by atoms with van der Waals surface area (Å²) in [7, 11) is 0. The van der Waals surface area contributed by atoms with Crippen LogP contribution in [-0.2, 0) is 393 Å². The second kappa shape index (κ2) is 163. The third kappa shape index (κ3) is 152. The minimum atomic E-state index is 0. The molecule has 0 aromatic heterocycles. The molecule has 0 bridgehead atoms. The first-order chi connectivity index (χ1) is 2.00. The normalized spacial score (nSPS) is 0.632. The molecule has 0 amide bonds. The predicted molar refractivity (Wildman–Crippen MR) is 41.6 cm³/mol. The zero-order chi connectivity index (χ0) is 4.00. The average Bonchev–Trinajstić information content (AvgIpc) is 1.50. The van der Waals surface area contributed by atoms with Crippen molar-refractivity contribution < 1.29 is 393 Å². The van der Waals surface area contributed by atoms with Gasteiger partial charge in [0.25, 0.3) is 0 Å². The third-order valence-electron chi connectivity index (χ3n) is 0. The van der Waals surface area contributed by atoms with Gasteiger partial charge in [-0.15, -0.1) is 0 Å². The van der Waals surface area contributed by atoms with Crippen molar-refractivity contribution in [1.82, 2.24) is 0 Å². The van der Waals surface area contributed by atoms with Crippen LogP contribution in [0, 0.1) is 29.2 Å². The quantitative estimate of drug-likeness (QED) is 0.328. The van der Waals surface area contributed by atoms with Gasteiger partial charge in [-0.25, -0.2) is 0 Å². The van der Waals surface area contributed by atoms with E-state index in [0.29, 0.717) is 0 Å². The van der Waals surface area contributed by atoms with Crippen LogP contribution in [0.5, 0.6) is 0 Å². The summed E-state index contributed by atoms with van der Waals surface area (Å²) in [5, 5.41) is 0. The first kappa shape index (κ1) is 135. The molecular formula is C7H20Y12-4. The van der Waals surface area contributed by atoms with Crippen molar-refractivity contribution in [2.45, 2.75) is 20.8 Å². The summed E-state index contributed by atoms with van der Waals surface area (Å²) in [4.78, 5) is 0. The molecule has 0 heterocycles. The van der Waals surface area contributed by atoms with E-state index < -0.39 is 0 Å². The van der Waals surface area contributed by atoms with Gasteiger partial charge in [-0.2, -0.15) is 6.92 Å². The predicted octanol–water partition coefficient (Wildman–Crippen LogP) is 3.19. The molecule has 0 nitrogen and oxygen atoms in total. The smallest absolute Gasteiger partial charge is 0 e. The molecule has 0 N–H and O–H groups in total. The SMILES string of the molecule is CC.[CH2-]C.[CH3-].[CH3-].[CH3-].[Y].[Y].[Y].[Y].[Y].[Y].[Y].[Y].[Y].[Y].[Y].[Y]. The molecule has 0 saturated carbocycles. The minimum Gasteiger partial charge on any atom is -0.358 e. The maximum atomic E-state index is 3.25. The molecule has 12 radical (unpaired) electrons. The van der Waals surface area contributed by atoms with E-state index in [2.05, 4.69) is 6.92 Å². The minimum absolute atomic E-state index is 0. The van der Waals surface area contributed by atoms with Crippen LogP contribution in [-0.4, -0.2) is 0 Å². The Hall–Kier alpha value is 13.2. The molecule has 0 aliphatic heterocycles. The van der Waals surface area contributed by atoms with Crippen LogP contribution in [0.3, 0.4) is 0 Å². The van der Waals surface area contributed by atoms with E-state index in [1.165, 1.54) is 0 Å². The maximum Gasteiger partial charge on any atom is 0 e. The van der Waals surface area contributed by atoms with E-state index >= 15 is 0 Å². The second-order valence-corrected chi connectivity index (χ2v) is 0. The molecule has 0 atom stereocenters. The van der Waals surface area contributed by atoms with Crippen molar-refractivity contribution in [3.8, 4) is 0 Å². The molecule has 12 heteroatoms. The summed E-state index contributed by atoms with van der Waals surface area (Å²) in [6.07, 6.45) is 0. The standard InChI is InChI=1S/C2H6.C2H5.3CH3.12Y/c2*1-2;;;;;;;;;;;;;;;/h1-2H3;1H2,2H3;3*1H3;;;;;;;;;;;;/q;4*-1;;;;;;;;;;;;. The number of hydrogen-bond acceptors (Lipinski definition) is 0. The Morgan fingerprint density at radius 2 is 0.316 bits per heavy atom. The Labute approximate surface area is 428 Å². The zero-order valence-corrected chi connectivity index (χ0v) is 47.7. The number of hydrogen-bond donors (Lipinski definition) is 0. The Kier molecular flexibility index (Phi) is 1160. The largest absolute Gasteiger partial charge is 0.358 e. The van der Waals surface area contributed by atoms with Gasteiger partial charge < -0.3 is 29.2 Å². The van der Waals surface area contributed by atoms with Crippen LogP contribution in [0.4, 0.5) is 0 Å². The molecule has 0 saturated heterocycles. The van der Waals surface area contributed by atoms with E-state index in [-0.39, 0.29) is 415 Å². The van der Waals surface area contributed by atoms with Gasteiger partial charge in [0, 0.05) is 393 Å². The van der Waals surface area contributed by atoms with Crippen molar-refractivity contribution in [2.75, 3.05) is 0 Å². The molecule has 0 aliphatic rings. The van der Waals surface area contributed by atoms with E-state index in [4.69, 9.17) is 0 Å². The van der Waals surface area contributed by atoms with Gasteiger partial charge in [-0.1, -0.05) is 13.8 Å². The van der Waals surface area contributed by atoms with Gasteiger partial charge in [-0.3, -0.25) is 0 Å². The molecule has 0 rings (SSSR count).